The number of aromatic nitrogens is 2. The van der Waals surface area contributed by atoms with Crippen LogP contribution >= 0.6 is 22.6 Å². The van der Waals surface area contributed by atoms with Gasteiger partial charge in [0.05, 0.1) is 13.1 Å². The van der Waals surface area contributed by atoms with Crippen molar-refractivity contribution in [2.75, 3.05) is 30.0 Å². The largest absolute Gasteiger partial charge is 0.349 e. The lowest BCUT2D eigenvalue weighted by molar-refractivity contribution is -0.695. The Morgan fingerprint density at radius 2 is 1.47 bits per heavy atom. The summed E-state index contributed by atoms with van der Waals surface area (Å²) in [5.41, 5.74) is 6.01. The number of H-pyrrole nitrogens is 1. The second-order valence-corrected chi connectivity index (χ2v) is 24.8. The van der Waals surface area contributed by atoms with Crippen molar-refractivity contribution in [3.05, 3.63) is 83.4 Å². The van der Waals surface area contributed by atoms with E-state index in [4.69, 9.17) is 0 Å². The minimum Gasteiger partial charge on any atom is -0.349 e. The number of imidazole rings is 1. The lowest BCUT2D eigenvalue weighted by atomic mass is 9.99. The number of hydrogen-bond acceptors (Lipinski definition) is 3. The van der Waals surface area contributed by atoms with Gasteiger partial charge in [-0.2, -0.15) is 0 Å². The van der Waals surface area contributed by atoms with Crippen LogP contribution in [0.5, 0.6) is 0 Å². The number of carbonyl (C=O) groups is 1. The number of benzene rings is 2. The fourth-order valence-corrected chi connectivity index (χ4v) is 13.7. The van der Waals surface area contributed by atoms with E-state index in [-0.39, 0.29) is 5.91 Å². The summed E-state index contributed by atoms with van der Waals surface area (Å²) >= 11 is 2.15. The van der Waals surface area contributed by atoms with Crippen LogP contribution in [-0.2, 0) is 17.9 Å². The average Bonchev–Trinajstić information content (AvgIpc) is 3.42. The topological polar surface area (TPSA) is 46.5 Å². The van der Waals surface area contributed by atoms with Gasteiger partial charge in [0.2, 0.25) is 12.2 Å². The quantitative estimate of drug-likeness (QED) is 0.0703. The van der Waals surface area contributed by atoms with Gasteiger partial charge in [0.15, 0.2) is 5.69 Å². The second-order valence-electron chi connectivity index (χ2n) is 14.3. The molecule has 0 radical (unpaired) electrons. The van der Waals surface area contributed by atoms with Crippen LogP contribution in [-0.4, -0.2) is 67.6 Å². The zero-order valence-corrected chi connectivity index (χ0v) is 34.2. The number of unbranched alkanes of at least 4 members (excludes halogenated alkanes) is 2. The molecule has 0 saturated carbocycles. The fourth-order valence-electron chi connectivity index (χ4n) is 5.66. The Bertz CT molecular complexity index is 1270. The molecule has 1 unspecified atom stereocenters. The van der Waals surface area contributed by atoms with Crippen LogP contribution in [0.1, 0.15) is 55.0 Å². The first kappa shape index (κ1) is 39.4. The van der Waals surface area contributed by atoms with Crippen LogP contribution in [0.2, 0.25) is 39.3 Å². The number of rotatable bonds is 11. The predicted molar refractivity (Wildman–Crippen MR) is 208 cm³/mol. The minimum absolute atomic E-state index is 0.186. The summed E-state index contributed by atoms with van der Waals surface area (Å²) in [7, 11) is 0.288. The average molecular weight is 762 g/mol. The van der Waals surface area contributed by atoms with Crippen molar-refractivity contribution < 1.29 is 9.36 Å². The zero-order valence-electron chi connectivity index (χ0n) is 30.1. The van der Waals surface area contributed by atoms with Gasteiger partial charge in [-0.05, 0) is 49.9 Å². The number of halogens is 1. The molecule has 4 rings (SSSR count). The lowest BCUT2D eigenvalue weighted by Crippen LogP contribution is -2.56. The van der Waals surface area contributed by atoms with E-state index in [0.29, 0.717) is 12.6 Å². The van der Waals surface area contributed by atoms with Crippen LogP contribution in [0.15, 0.2) is 61.1 Å². The van der Waals surface area contributed by atoms with E-state index >= 15 is 0 Å². The molecule has 1 aromatic heterocycles. The number of nitrogens with zero attached hydrogens (tertiary/aromatic N) is 4. The molecule has 2 heterocycles. The van der Waals surface area contributed by atoms with Crippen LogP contribution in [0.4, 0.5) is 5.69 Å². The van der Waals surface area contributed by atoms with Gasteiger partial charge in [-0.15, -0.1) is 0 Å². The number of aromatic amines is 1. The van der Waals surface area contributed by atoms with Gasteiger partial charge in [0.25, 0.3) is 0 Å². The third kappa shape index (κ3) is 12.7. The first-order chi connectivity index (χ1) is 21.2. The number of carbonyl (C=O) groups excluding carboxylic acids is 1. The third-order valence-corrected chi connectivity index (χ3v) is 16.8. The van der Waals surface area contributed by atoms with Gasteiger partial charge in [-0.3, -0.25) is 9.69 Å². The molecule has 3 aromatic rings. The smallest absolute Gasteiger partial charge is 0.242 e. The number of alkyl halides is 1. The van der Waals surface area contributed by atoms with Crippen LogP contribution < -0.4 is 9.47 Å². The summed E-state index contributed by atoms with van der Waals surface area (Å²) in [6.45, 7) is 23.7. The van der Waals surface area contributed by atoms with E-state index in [0.717, 1.165) is 31.7 Å². The van der Waals surface area contributed by atoms with Gasteiger partial charge < -0.3 is 9.13 Å². The summed E-state index contributed by atoms with van der Waals surface area (Å²) in [5, 5.41) is 0. The van der Waals surface area contributed by atoms with Crippen molar-refractivity contribution in [1.29, 1.82) is 0 Å². The van der Waals surface area contributed by atoms with Crippen molar-refractivity contribution in [3.63, 3.8) is 0 Å². The molecule has 1 aliphatic rings. The Morgan fingerprint density at radius 3 is 1.98 bits per heavy atom. The molecule has 250 valence electrons. The molecule has 2 aromatic carbocycles. The van der Waals surface area contributed by atoms with E-state index < -0.39 is 16.5 Å². The van der Waals surface area contributed by atoms with Gasteiger partial charge in [-0.1, -0.05) is 136 Å². The minimum atomic E-state index is -1.00. The highest BCUT2D eigenvalue weighted by Gasteiger charge is 2.34. The standard InChI is InChI=1S/C28H36N4O.C7H21NSi2.CH3I/c1-4-5-6-7-26-19-32(25-14-10-23(3)11-15-25)28(33)20-30(26)18-27-16-29-21-31(27)17-24-12-8-22(2)9-13-24;1-8(9(2,3)4)10(5,6)7;1-2/h8-16,21,26H,4-7,17-20H2,1-3H3;1-7H3;1H3/p+1/i1-1;;. The Labute approximate surface area is 290 Å². The van der Waals surface area contributed by atoms with Crippen LogP contribution in [0.3, 0.4) is 0 Å². The molecule has 45 heavy (non-hydrogen) atoms. The van der Waals surface area contributed by atoms with Gasteiger partial charge in [0.1, 0.15) is 29.2 Å². The Morgan fingerprint density at radius 1 is 0.911 bits per heavy atom. The van der Waals surface area contributed by atoms with Crippen molar-refractivity contribution >= 4 is 50.7 Å². The summed E-state index contributed by atoms with van der Waals surface area (Å²) < 4.78 is 4.92. The lowest BCUT2D eigenvalue weighted by Gasteiger charge is -2.40. The van der Waals surface area contributed by atoms with E-state index in [2.05, 4.69) is 163 Å². The molecule has 1 fully saturated rings. The van der Waals surface area contributed by atoms with Crippen molar-refractivity contribution in [3.8, 4) is 0 Å². The molecule has 0 spiro atoms. The number of piperazine rings is 1. The first-order valence-corrected chi connectivity index (χ1v) is 25.6. The molecular weight excluding hydrogens is 701 g/mol. The molecular formula is C36H61IN5OSi2+. The van der Waals surface area contributed by atoms with Gasteiger partial charge >= 0.3 is 0 Å². The summed E-state index contributed by atoms with van der Waals surface area (Å²) in [6, 6.07) is 17.4. The highest BCUT2D eigenvalue weighted by atomic mass is 127. The third-order valence-electron chi connectivity index (χ3n) is 8.74. The maximum absolute atomic E-state index is 13.2. The fraction of sp³-hybridized carbons (Fsp3) is 0.556. The Kier molecular flexibility index (Phi) is 16.2. The summed E-state index contributed by atoms with van der Waals surface area (Å²) in [6.07, 6.45) is 8.87. The van der Waals surface area contributed by atoms with Crippen molar-refractivity contribution in [2.45, 2.75) is 105 Å². The maximum Gasteiger partial charge on any atom is 0.242 e. The second kappa shape index (κ2) is 18.5. The van der Waals surface area contributed by atoms with Gasteiger partial charge in [-0.25, -0.2) is 9.55 Å². The number of hydrogen-bond donors (Lipinski definition) is 1. The molecule has 0 bridgehead atoms. The molecule has 1 amide bonds. The number of nitrogens with one attached hydrogen (secondary N) is 1. The zero-order chi connectivity index (χ0) is 33.8. The summed E-state index contributed by atoms with van der Waals surface area (Å²) in [5.74, 6) is 0.186. The summed E-state index contributed by atoms with van der Waals surface area (Å²) in [4.78, 5) is 22.8. The number of anilines is 1. The molecule has 0 aliphatic carbocycles. The van der Waals surface area contributed by atoms with Gasteiger partial charge in [0, 0.05) is 18.3 Å². The molecule has 1 aliphatic heterocycles. The first-order valence-electron chi connectivity index (χ1n) is 16.5. The van der Waals surface area contributed by atoms with Crippen LogP contribution in [0, 0.1) is 13.8 Å². The SMILES string of the molecule is CI.CN([Si](C)(C)C)[Si](C)(C)C.Cc1ccc(C[n+]2c[nH]cc2CN2CC(=O)N(c3ccc(C)cc3)CC2CCCC[11CH3])cc1. The Balaban J connectivity index is 0.000000503. The molecule has 1 N–H and O–H groups in total. The molecule has 1 saturated heterocycles. The van der Waals surface area contributed by atoms with E-state index in [1.54, 1.807) is 0 Å². The Hall–Kier alpha value is -1.80. The normalized spacial score (nSPS) is 15.8. The molecule has 6 nitrogen and oxygen atoms in total. The van der Waals surface area contributed by atoms with Crippen LogP contribution in [0.25, 0.3) is 0 Å². The van der Waals surface area contributed by atoms with E-state index in [1.165, 1.54) is 41.6 Å². The van der Waals surface area contributed by atoms with E-state index in [9.17, 15) is 4.79 Å². The molecule has 9 heteroatoms. The van der Waals surface area contributed by atoms with E-state index in [1.807, 2.05) is 16.2 Å². The van der Waals surface area contributed by atoms with Crippen molar-refractivity contribution in [2.24, 2.45) is 0 Å². The maximum atomic E-state index is 13.2. The number of aryl methyl sites for hydroxylation is 2. The van der Waals surface area contributed by atoms with Crippen molar-refractivity contribution in [1.82, 2.24) is 14.1 Å². The number of amides is 1. The molecule has 1 atom stereocenters. The highest BCUT2D eigenvalue weighted by Crippen LogP contribution is 2.24. The highest BCUT2D eigenvalue weighted by molar-refractivity contribution is 14.1. The predicted octanol–water partition coefficient (Wildman–Crippen LogP) is 8.40. The monoisotopic (exact) mass is 761 g/mol.